The van der Waals surface area contributed by atoms with Gasteiger partial charge in [0.2, 0.25) is 0 Å². The largest absolute Gasteiger partial charge is 0.508 e. The molecule has 0 aliphatic rings. The summed E-state index contributed by atoms with van der Waals surface area (Å²) >= 11 is 0. The first-order chi connectivity index (χ1) is 9.22. The molecule has 0 saturated carbocycles. The van der Waals surface area contributed by atoms with Crippen LogP contribution in [0.5, 0.6) is 5.75 Å². The van der Waals surface area contributed by atoms with Crippen LogP contribution in [0, 0.1) is 0 Å². The van der Waals surface area contributed by atoms with Crippen molar-refractivity contribution in [3.63, 3.8) is 0 Å². The number of rotatable bonds is 5. The average Bonchev–Trinajstić information content (AvgIpc) is 2.47. The lowest BCUT2D eigenvalue weighted by Crippen LogP contribution is -2.00. The van der Waals surface area contributed by atoms with Crippen LogP contribution in [0.15, 0.2) is 42.5 Å². The van der Waals surface area contributed by atoms with Gasteiger partial charge >= 0.3 is 0 Å². The van der Waals surface area contributed by atoms with Gasteiger partial charge in [-0.05, 0) is 42.2 Å². The van der Waals surface area contributed by atoms with E-state index in [4.69, 9.17) is 0 Å². The van der Waals surface area contributed by atoms with Gasteiger partial charge in [-0.2, -0.15) is 0 Å². The maximum absolute atomic E-state index is 9.85. The van der Waals surface area contributed by atoms with Gasteiger partial charge in [0.05, 0.1) is 0 Å². The molecule has 0 aliphatic heterocycles. The highest BCUT2D eigenvalue weighted by molar-refractivity contribution is 5.47. The normalized spacial score (nSPS) is 10.4. The molecular weight excluding hydrogens is 234 g/mol. The average molecular weight is 255 g/mol. The monoisotopic (exact) mass is 255 g/mol. The third-order valence-electron chi connectivity index (χ3n) is 3.40. The third-order valence-corrected chi connectivity index (χ3v) is 3.40. The van der Waals surface area contributed by atoms with Crippen molar-refractivity contribution in [1.29, 1.82) is 0 Å². The minimum absolute atomic E-state index is 0.356. The van der Waals surface area contributed by atoms with E-state index in [0.717, 1.165) is 24.1 Å². The second-order valence-electron chi connectivity index (χ2n) is 4.72. The molecule has 2 aromatic carbocycles. The lowest BCUT2D eigenvalue weighted by Gasteiger charge is -2.10. The number of anilines is 1. The fraction of sp³-hybridized carbons (Fsp3) is 0.294. The molecule has 19 heavy (non-hydrogen) atoms. The third kappa shape index (κ3) is 3.50. The van der Waals surface area contributed by atoms with Gasteiger partial charge < -0.3 is 10.4 Å². The van der Waals surface area contributed by atoms with Gasteiger partial charge in [-0.3, -0.25) is 0 Å². The highest BCUT2D eigenvalue weighted by atomic mass is 16.3. The zero-order valence-corrected chi connectivity index (χ0v) is 11.6. The molecule has 0 heterocycles. The van der Waals surface area contributed by atoms with Crippen molar-refractivity contribution in [2.45, 2.75) is 33.2 Å². The van der Waals surface area contributed by atoms with Crippen LogP contribution in [0.1, 0.15) is 30.5 Å². The van der Waals surface area contributed by atoms with E-state index in [9.17, 15) is 5.11 Å². The first kappa shape index (κ1) is 13.5. The molecule has 2 nitrogen and oxygen atoms in total. The molecule has 0 fully saturated rings. The van der Waals surface area contributed by atoms with Crippen molar-refractivity contribution >= 4 is 5.69 Å². The van der Waals surface area contributed by atoms with Crippen LogP contribution in [0.4, 0.5) is 5.69 Å². The van der Waals surface area contributed by atoms with Gasteiger partial charge in [0.25, 0.3) is 0 Å². The summed E-state index contributed by atoms with van der Waals surface area (Å²) in [5, 5.41) is 13.2. The molecule has 0 amide bonds. The Bertz CT molecular complexity index is 531. The molecule has 2 rings (SSSR count). The minimum atomic E-state index is 0.356. The van der Waals surface area contributed by atoms with Crippen molar-refractivity contribution in [1.82, 2.24) is 0 Å². The van der Waals surface area contributed by atoms with E-state index >= 15 is 0 Å². The number of nitrogens with one attached hydrogen (secondary N) is 1. The summed E-state index contributed by atoms with van der Waals surface area (Å²) in [5.41, 5.74) is 4.61. The SMILES string of the molecule is CCc1ccc(NCc2cc(CC)ccc2O)cc1. The standard InChI is InChI=1S/C17H21NO/c1-3-13-5-8-16(9-6-13)18-12-15-11-14(4-2)7-10-17(15)19/h5-11,18-19H,3-4,12H2,1-2H3. The highest BCUT2D eigenvalue weighted by Gasteiger charge is 2.02. The van der Waals surface area contributed by atoms with Crippen molar-refractivity contribution in [2.24, 2.45) is 0 Å². The number of phenolic OH excluding ortho intramolecular Hbond substituents is 1. The van der Waals surface area contributed by atoms with Crippen LogP contribution >= 0.6 is 0 Å². The van der Waals surface area contributed by atoms with E-state index in [2.05, 4.69) is 49.5 Å². The van der Waals surface area contributed by atoms with Crippen LogP contribution in [-0.2, 0) is 19.4 Å². The van der Waals surface area contributed by atoms with Crippen molar-refractivity contribution in [3.05, 3.63) is 59.2 Å². The first-order valence-electron chi connectivity index (χ1n) is 6.86. The Hall–Kier alpha value is -1.96. The molecular formula is C17H21NO. The summed E-state index contributed by atoms with van der Waals surface area (Å²) in [4.78, 5) is 0. The lowest BCUT2D eigenvalue weighted by atomic mass is 10.1. The zero-order valence-electron chi connectivity index (χ0n) is 11.6. The Morgan fingerprint density at radius 3 is 2.16 bits per heavy atom. The number of aromatic hydroxyl groups is 1. The van der Waals surface area contributed by atoms with Gasteiger partial charge in [0.15, 0.2) is 0 Å². The van der Waals surface area contributed by atoms with E-state index in [1.54, 1.807) is 6.07 Å². The minimum Gasteiger partial charge on any atom is -0.508 e. The second-order valence-corrected chi connectivity index (χ2v) is 4.72. The Labute approximate surface area is 115 Å². The van der Waals surface area contributed by atoms with Gasteiger partial charge in [-0.1, -0.05) is 38.1 Å². The smallest absolute Gasteiger partial charge is 0.120 e. The maximum Gasteiger partial charge on any atom is 0.120 e. The summed E-state index contributed by atoms with van der Waals surface area (Å²) < 4.78 is 0. The van der Waals surface area contributed by atoms with Crippen LogP contribution in [0.25, 0.3) is 0 Å². The van der Waals surface area contributed by atoms with Crippen molar-refractivity contribution < 1.29 is 5.11 Å². The summed E-state index contributed by atoms with van der Waals surface area (Å²) in [6, 6.07) is 14.2. The summed E-state index contributed by atoms with van der Waals surface area (Å²) in [6.45, 7) is 4.91. The Kier molecular flexibility index (Phi) is 4.45. The quantitative estimate of drug-likeness (QED) is 0.842. The molecule has 0 radical (unpaired) electrons. The zero-order chi connectivity index (χ0) is 13.7. The molecule has 100 valence electrons. The highest BCUT2D eigenvalue weighted by Crippen LogP contribution is 2.20. The molecule has 2 heteroatoms. The number of phenols is 1. The second kappa shape index (κ2) is 6.28. The van der Waals surface area contributed by atoms with Crippen molar-refractivity contribution in [3.8, 4) is 5.75 Å². The molecule has 2 aromatic rings. The number of hydrogen-bond acceptors (Lipinski definition) is 2. The van der Waals surface area contributed by atoms with Crippen LogP contribution < -0.4 is 5.32 Å². The predicted molar refractivity (Wildman–Crippen MR) is 80.6 cm³/mol. The molecule has 0 bridgehead atoms. The fourth-order valence-corrected chi connectivity index (χ4v) is 2.06. The molecule has 0 unspecified atom stereocenters. The van der Waals surface area contributed by atoms with E-state index in [1.807, 2.05) is 6.07 Å². The Balaban J connectivity index is 2.05. The van der Waals surface area contributed by atoms with E-state index < -0.39 is 0 Å². The molecule has 0 atom stereocenters. The predicted octanol–water partition coefficient (Wildman–Crippen LogP) is 4.13. The van der Waals surface area contributed by atoms with Gasteiger partial charge in [0.1, 0.15) is 5.75 Å². The lowest BCUT2D eigenvalue weighted by molar-refractivity contribution is 0.469. The Morgan fingerprint density at radius 1 is 0.895 bits per heavy atom. The number of benzene rings is 2. The molecule has 0 aliphatic carbocycles. The molecule has 0 aromatic heterocycles. The van der Waals surface area contributed by atoms with E-state index in [-0.39, 0.29) is 0 Å². The molecule has 2 N–H and O–H groups in total. The summed E-state index contributed by atoms with van der Waals surface area (Å²) in [7, 11) is 0. The maximum atomic E-state index is 9.85. The summed E-state index contributed by atoms with van der Waals surface area (Å²) in [5.74, 6) is 0.356. The van der Waals surface area contributed by atoms with E-state index in [0.29, 0.717) is 12.3 Å². The van der Waals surface area contributed by atoms with Gasteiger partial charge in [-0.25, -0.2) is 0 Å². The summed E-state index contributed by atoms with van der Waals surface area (Å²) in [6.07, 6.45) is 2.04. The van der Waals surface area contributed by atoms with Crippen LogP contribution in [0.2, 0.25) is 0 Å². The molecule has 0 saturated heterocycles. The van der Waals surface area contributed by atoms with Crippen LogP contribution in [0.3, 0.4) is 0 Å². The first-order valence-corrected chi connectivity index (χ1v) is 6.86. The van der Waals surface area contributed by atoms with Crippen LogP contribution in [-0.4, -0.2) is 5.11 Å². The molecule has 0 spiro atoms. The van der Waals surface area contributed by atoms with E-state index in [1.165, 1.54) is 11.1 Å². The fourth-order valence-electron chi connectivity index (χ4n) is 2.06. The van der Waals surface area contributed by atoms with Gasteiger partial charge in [0, 0.05) is 17.8 Å². The topological polar surface area (TPSA) is 32.3 Å². The number of hydrogen-bond donors (Lipinski definition) is 2. The van der Waals surface area contributed by atoms with Crippen molar-refractivity contribution in [2.75, 3.05) is 5.32 Å². The van der Waals surface area contributed by atoms with Gasteiger partial charge in [-0.15, -0.1) is 0 Å². The Morgan fingerprint density at radius 2 is 1.53 bits per heavy atom. The number of aryl methyl sites for hydroxylation is 2.